The van der Waals surface area contributed by atoms with Crippen LogP contribution in [-0.2, 0) is 0 Å². The zero-order valence-electron chi connectivity index (χ0n) is 13.8. The molecule has 23 heavy (non-hydrogen) atoms. The number of piperidine rings is 2. The van der Waals surface area contributed by atoms with E-state index in [-0.39, 0.29) is 0 Å². The van der Waals surface area contributed by atoms with Crippen LogP contribution in [0.3, 0.4) is 0 Å². The molecule has 0 amide bonds. The number of nitrogens with zero attached hydrogens (tertiary/aromatic N) is 4. The third-order valence-corrected chi connectivity index (χ3v) is 4.72. The molecule has 128 valence electrons. The van der Waals surface area contributed by atoms with Gasteiger partial charge in [-0.2, -0.15) is 10.2 Å². The van der Waals surface area contributed by atoms with E-state index in [1.54, 1.807) is 6.21 Å². The number of thiocarbonyl (C=S) groups is 2. The lowest BCUT2D eigenvalue weighted by Gasteiger charge is -2.28. The summed E-state index contributed by atoms with van der Waals surface area (Å²) in [6.45, 7) is 5.93. The van der Waals surface area contributed by atoms with Gasteiger partial charge in [-0.3, -0.25) is 10.9 Å². The molecule has 2 aliphatic heterocycles. The lowest BCUT2D eigenvalue weighted by molar-refractivity contribution is 0.338. The molecular weight excluding hydrogens is 328 g/mol. The molecule has 2 heterocycles. The van der Waals surface area contributed by atoms with Crippen molar-refractivity contribution >= 4 is 46.6 Å². The molecule has 6 nitrogen and oxygen atoms in total. The summed E-state index contributed by atoms with van der Waals surface area (Å²) in [5, 5.41) is 9.77. The first-order valence-electron chi connectivity index (χ1n) is 8.34. The number of rotatable bonds is 3. The van der Waals surface area contributed by atoms with E-state index in [1.807, 2.05) is 6.92 Å². The first-order valence-corrected chi connectivity index (χ1v) is 9.15. The van der Waals surface area contributed by atoms with Crippen molar-refractivity contribution in [3.05, 3.63) is 0 Å². The summed E-state index contributed by atoms with van der Waals surface area (Å²) in [6, 6.07) is 0. The fourth-order valence-corrected chi connectivity index (χ4v) is 3.14. The first kappa shape index (κ1) is 18.1. The molecule has 2 rings (SSSR count). The third-order valence-electron chi connectivity index (χ3n) is 4.03. The van der Waals surface area contributed by atoms with Gasteiger partial charge in [-0.25, -0.2) is 0 Å². The van der Waals surface area contributed by atoms with Gasteiger partial charge in [-0.1, -0.05) is 0 Å². The Morgan fingerprint density at radius 3 is 1.83 bits per heavy atom. The average molecular weight is 355 g/mol. The fraction of sp³-hybridized carbons (Fsp3) is 0.733. The van der Waals surface area contributed by atoms with Crippen LogP contribution in [0.2, 0.25) is 0 Å². The summed E-state index contributed by atoms with van der Waals surface area (Å²) in [5.74, 6) is 0. The van der Waals surface area contributed by atoms with E-state index in [0.29, 0.717) is 10.2 Å². The summed E-state index contributed by atoms with van der Waals surface area (Å²) in [5.41, 5.74) is 6.59. The molecule has 0 bridgehead atoms. The molecule has 0 aliphatic carbocycles. The van der Waals surface area contributed by atoms with E-state index in [1.165, 1.54) is 38.5 Å². The average Bonchev–Trinajstić information content (AvgIpc) is 2.61. The number of hydrogen-bond donors (Lipinski definition) is 2. The maximum absolute atomic E-state index is 5.35. The Bertz CT molecular complexity index is 465. The van der Waals surface area contributed by atoms with E-state index < -0.39 is 0 Å². The van der Waals surface area contributed by atoms with E-state index >= 15 is 0 Å². The zero-order chi connectivity index (χ0) is 16.5. The normalized spacial score (nSPS) is 19.8. The molecule has 0 unspecified atom stereocenters. The molecule has 0 spiro atoms. The summed E-state index contributed by atoms with van der Waals surface area (Å²) in [6.07, 6.45) is 9.02. The number of nitrogens with one attached hydrogen (secondary N) is 2. The van der Waals surface area contributed by atoms with Gasteiger partial charge >= 0.3 is 0 Å². The van der Waals surface area contributed by atoms with E-state index in [4.69, 9.17) is 24.4 Å². The molecule has 8 heteroatoms. The predicted molar refractivity (Wildman–Crippen MR) is 104 cm³/mol. The second kappa shape index (κ2) is 9.77. The van der Waals surface area contributed by atoms with Gasteiger partial charge in [0.15, 0.2) is 10.2 Å². The number of hydrazone groups is 2. The monoisotopic (exact) mass is 354 g/mol. The van der Waals surface area contributed by atoms with Crippen LogP contribution in [0.4, 0.5) is 0 Å². The molecule has 0 saturated carbocycles. The van der Waals surface area contributed by atoms with Crippen LogP contribution < -0.4 is 10.9 Å². The van der Waals surface area contributed by atoms with Gasteiger partial charge in [-0.15, -0.1) is 0 Å². The van der Waals surface area contributed by atoms with Gasteiger partial charge in [0.05, 0.1) is 11.9 Å². The molecular formula is C15H26N6S2. The van der Waals surface area contributed by atoms with Crippen LogP contribution in [0.1, 0.15) is 45.4 Å². The molecule has 2 saturated heterocycles. The van der Waals surface area contributed by atoms with Crippen molar-refractivity contribution in [3.63, 3.8) is 0 Å². The molecule has 0 aromatic heterocycles. The molecule has 2 N–H and O–H groups in total. The standard InChI is InChI=1S/C15H26N6S2/c1-13(17-19-15(23)21-10-6-3-7-11-21)12-16-18-14(22)20-8-4-2-5-9-20/h12H,2-11H2,1H3,(H,18,22)(H,19,23)/b16-12+,17-13-. The molecule has 0 aromatic carbocycles. The van der Waals surface area contributed by atoms with Crippen molar-refractivity contribution < 1.29 is 0 Å². The number of likely N-dealkylation sites (tertiary alicyclic amines) is 2. The van der Waals surface area contributed by atoms with E-state index in [0.717, 1.165) is 31.9 Å². The Balaban J connectivity index is 1.70. The Kier molecular flexibility index (Phi) is 7.67. The predicted octanol–water partition coefficient (Wildman–Crippen LogP) is 2.07. The van der Waals surface area contributed by atoms with Crippen LogP contribution >= 0.6 is 24.4 Å². The molecule has 2 fully saturated rings. The van der Waals surface area contributed by atoms with Crippen LogP contribution in [0.15, 0.2) is 10.2 Å². The highest BCUT2D eigenvalue weighted by Crippen LogP contribution is 2.09. The van der Waals surface area contributed by atoms with Gasteiger partial charge in [-0.05, 0) is 69.9 Å². The highest BCUT2D eigenvalue weighted by atomic mass is 32.1. The smallest absolute Gasteiger partial charge is 0.189 e. The van der Waals surface area contributed by atoms with Crippen molar-refractivity contribution in [1.29, 1.82) is 0 Å². The third kappa shape index (κ3) is 6.39. The summed E-state index contributed by atoms with van der Waals surface area (Å²) in [4.78, 5) is 4.32. The zero-order valence-corrected chi connectivity index (χ0v) is 15.4. The maximum Gasteiger partial charge on any atom is 0.189 e. The topological polar surface area (TPSA) is 55.3 Å². The Morgan fingerprint density at radius 1 is 0.826 bits per heavy atom. The second-order valence-electron chi connectivity index (χ2n) is 5.94. The van der Waals surface area contributed by atoms with Crippen molar-refractivity contribution in [1.82, 2.24) is 20.7 Å². The molecule has 0 atom stereocenters. The minimum atomic E-state index is 0.686. The quantitative estimate of drug-likeness (QED) is 0.460. The van der Waals surface area contributed by atoms with Gasteiger partial charge in [0.1, 0.15) is 0 Å². The van der Waals surface area contributed by atoms with Gasteiger partial charge in [0, 0.05) is 26.2 Å². The van der Waals surface area contributed by atoms with Gasteiger partial charge in [0.2, 0.25) is 0 Å². The van der Waals surface area contributed by atoms with Crippen LogP contribution in [0.5, 0.6) is 0 Å². The molecule has 0 radical (unpaired) electrons. The maximum atomic E-state index is 5.35. The lowest BCUT2D eigenvalue weighted by atomic mass is 10.1. The van der Waals surface area contributed by atoms with Crippen molar-refractivity contribution in [3.8, 4) is 0 Å². The minimum absolute atomic E-state index is 0.686. The highest BCUT2D eigenvalue weighted by molar-refractivity contribution is 7.80. The van der Waals surface area contributed by atoms with E-state index in [2.05, 4.69) is 30.9 Å². The van der Waals surface area contributed by atoms with Gasteiger partial charge < -0.3 is 9.80 Å². The Labute approximate surface area is 149 Å². The second-order valence-corrected chi connectivity index (χ2v) is 6.71. The molecule has 0 aromatic rings. The van der Waals surface area contributed by atoms with Crippen LogP contribution in [-0.4, -0.2) is 58.1 Å². The summed E-state index contributed by atoms with van der Waals surface area (Å²) >= 11 is 10.7. The number of hydrogen-bond acceptors (Lipinski definition) is 4. The largest absolute Gasteiger partial charge is 0.348 e. The molecule has 2 aliphatic rings. The highest BCUT2D eigenvalue weighted by Gasteiger charge is 2.13. The van der Waals surface area contributed by atoms with Crippen molar-refractivity contribution in [2.24, 2.45) is 10.2 Å². The fourth-order valence-electron chi connectivity index (χ4n) is 2.68. The summed E-state index contributed by atoms with van der Waals surface area (Å²) in [7, 11) is 0. The Morgan fingerprint density at radius 2 is 1.30 bits per heavy atom. The van der Waals surface area contributed by atoms with E-state index in [9.17, 15) is 0 Å². The summed E-state index contributed by atoms with van der Waals surface area (Å²) < 4.78 is 0. The minimum Gasteiger partial charge on any atom is -0.348 e. The van der Waals surface area contributed by atoms with Crippen LogP contribution in [0.25, 0.3) is 0 Å². The lowest BCUT2D eigenvalue weighted by Crippen LogP contribution is -2.41. The van der Waals surface area contributed by atoms with Crippen LogP contribution in [0, 0.1) is 0 Å². The first-order chi connectivity index (χ1) is 11.2. The van der Waals surface area contributed by atoms with Gasteiger partial charge in [0.25, 0.3) is 0 Å². The Hall–Kier alpha value is -1.28. The van der Waals surface area contributed by atoms with Crippen molar-refractivity contribution in [2.75, 3.05) is 26.2 Å². The van der Waals surface area contributed by atoms with Crippen molar-refractivity contribution in [2.45, 2.75) is 45.4 Å². The SMILES string of the molecule is CC(/C=N/NC(=S)N1CCCCC1)=N/NC(=S)N1CCCCC1.